The van der Waals surface area contributed by atoms with Crippen LogP contribution in [-0.4, -0.2) is 32.9 Å². The molecule has 0 amide bonds. The number of pyridine rings is 1. The van der Waals surface area contributed by atoms with Gasteiger partial charge in [-0.25, -0.2) is 18.6 Å². The Labute approximate surface area is 189 Å². The van der Waals surface area contributed by atoms with Crippen molar-refractivity contribution >= 4 is 23.1 Å². The zero-order valence-electron chi connectivity index (χ0n) is 18.7. The summed E-state index contributed by atoms with van der Waals surface area (Å²) < 4.78 is 27.8. The van der Waals surface area contributed by atoms with E-state index < -0.39 is 11.9 Å². The molecule has 0 saturated heterocycles. The van der Waals surface area contributed by atoms with E-state index in [2.05, 4.69) is 15.6 Å². The summed E-state index contributed by atoms with van der Waals surface area (Å²) in [5.74, 6) is -3.43. The lowest BCUT2D eigenvalue weighted by atomic mass is 9.81. The van der Waals surface area contributed by atoms with Gasteiger partial charge < -0.3 is 15.7 Å². The van der Waals surface area contributed by atoms with Crippen LogP contribution in [0.4, 0.5) is 20.3 Å². The molecule has 33 heavy (non-hydrogen) atoms. The molecule has 0 radical (unpaired) electrons. The first-order chi connectivity index (χ1) is 15.6. The third-order valence-corrected chi connectivity index (χ3v) is 6.04. The SMILES string of the molecule is Cc1cc([C@@H](C)Nc2ccccc2C(=O)O)c2nc(NCC3CC(F)(F)C3)c(C)c(=O)n2c1. The molecule has 0 bridgehead atoms. The highest BCUT2D eigenvalue weighted by molar-refractivity contribution is 5.94. The zero-order valence-corrected chi connectivity index (χ0v) is 18.7. The van der Waals surface area contributed by atoms with Gasteiger partial charge in [0.05, 0.1) is 17.2 Å². The van der Waals surface area contributed by atoms with E-state index in [1.165, 1.54) is 10.5 Å². The Kier molecular flexibility index (Phi) is 5.82. The highest BCUT2D eigenvalue weighted by atomic mass is 19.3. The van der Waals surface area contributed by atoms with E-state index in [0.29, 0.717) is 34.8 Å². The number of nitrogens with one attached hydrogen (secondary N) is 2. The lowest BCUT2D eigenvalue weighted by Gasteiger charge is -2.35. The van der Waals surface area contributed by atoms with Crippen molar-refractivity contribution in [3.8, 4) is 0 Å². The molecule has 3 aromatic rings. The number of aryl methyl sites for hydroxylation is 1. The lowest BCUT2D eigenvalue weighted by molar-refractivity contribution is -0.106. The van der Waals surface area contributed by atoms with Crippen molar-refractivity contribution in [2.45, 2.75) is 45.6 Å². The summed E-state index contributed by atoms with van der Waals surface area (Å²) in [7, 11) is 0. The molecule has 2 aromatic heterocycles. The Morgan fingerprint density at radius 3 is 2.67 bits per heavy atom. The second kappa shape index (κ2) is 8.46. The highest BCUT2D eigenvalue weighted by Crippen LogP contribution is 2.42. The molecule has 1 fully saturated rings. The molecule has 1 aromatic carbocycles. The highest BCUT2D eigenvalue weighted by Gasteiger charge is 2.44. The minimum Gasteiger partial charge on any atom is -0.478 e. The number of benzene rings is 1. The van der Waals surface area contributed by atoms with Gasteiger partial charge in [-0.1, -0.05) is 12.1 Å². The summed E-state index contributed by atoms with van der Waals surface area (Å²) in [4.78, 5) is 29.3. The topological polar surface area (TPSA) is 95.7 Å². The minimum absolute atomic E-state index is 0.141. The Bertz CT molecular complexity index is 1280. The van der Waals surface area contributed by atoms with Gasteiger partial charge in [0.25, 0.3) is 5.56 Å². The van der Waals surface area contributed by atoms with E-state index >= 15 is 0 Å². The van der Waals surface area contributed by atoms with Crippen molar-refractivity contribution in [1.29, 1.82) is 0 Å². The summed E-state index contributed by atoms with van der Waals surface area (Å²) in [6, 6.07) is 8.13. The van der Waals surface area contributed by atoms with Crippen molar-refractivity contribution in [3.05, 3.63) is 69.1 Å². The first kappa shape index (κ1) is 22.7. The second-order valence-corrected chi connectivity index (χ2v) is 8.78. The smallest absolute Gasteiger partial charge is 0.337 e. The number of rotatable bonds is 7. The molecule has 1 aliphatic rings. The number of carboxylic acids is 1. The fraction of sp³-hybridized carbons (Fsp3) is 0.375. The molecule has 3 N–H and O–H groups in total. The molecule has 1 atom stereocenters. The number of fused-ring (bicyclic) bond motifs is 1. The van der Waals surface area contributed by atoms with Crippen LogP contribution in [0.25, 0.3) is 5.65 Å². The number of nitrogens with zero attached hydrogens (tertiary/aromatic N) is 2. The summed E-state index contributed by atoms with van der Waals surface area (Å²) in [5, 5.41) is 15.8. The van der Waals surface area contributed by atoms with Gasteiger partial charge in [0.2, 0.25) is 5.92 Å². The summed E-state index contributed by atoms with van der Waals surface area (Å²) in [5.41, 5.74) is 2.74. The van der Waals surface area contributed by atoms with Crippen LogP contribution < -0.4 is 16.2 Å². The van der Waals surface area contributed by atoms with Gasteiger partial charge in [0.15, 0.2) is 0 Å². The fourth-order valence-corrected chi connectivity index (χ4v) is 4.26. The van der Waals surface area contributed by atoms with Crippen molar-refractivity contribution in [2.75, 3.05) is 17.2 Å². The maximum absolute atomic E-state index is 13.2. The molecule has 2 heterocycles. The molecule has 7 nitrogen and oxygen atoms in total. The maximum atomic E-state index is 13.2. The molecule has 0 aliphatic heterocycles. The summed E-state index contributed by atoms with van der Waals surface area (Å²) in [6.07, 6.45) is 1.37. The number of carbonyl (C=O) groups is 1. The number of alkyl halides is 2. The third kappa shape index (κ3) is 4.53. The van der Waals surface area contributed by atoms with E-state index in [4.69, 9.17) is 0 Å². The van der Waals surface area contributed by atoms with Crippen LogP contribution in [0.2, 0.25) is 0 Å². The summed E-state index contributed by atoms with van der Waals surface area (Å²) >= 11 is 0. The van der Waals surface area contributed by atoms with Gasteiger partial charge in [-0.2, -0.15) is 0 Å². The van der Waals surface area contributed by atoms with Crippen LogP contribution in [0.15, 0.2) is 41.3 Å². The molecular formula is C24H26F2N4O3. The Balaban J connectivity index is 1.70. The number of carboxylic acid groups (broad SMARTS) is 1. The maximum Gasteiger partial charge on any atom is 0.337 e. The molecule has 0 spiro atoms. The number of aromatic nitrogens is 2. The van der Waals surface area contributed by atoms with Crippen LogP contribution in [0.3, 0.4) is 0 Å². The Morgan fingerprint density at radius 2 is 2.00 bits per heavy atom. The standard InChI is InChI=1S/C24H26F2N4O3/c1-13-8-18(15(3)28-19-7-5-4-6-17(19)23(32)33)21-29-20(14(2)22(31)30(21)12-13)27-11-16-9-24(25,26)10-16/h4-8,12,15-16,27-28H,9-11H2,1-3H3,(H,32,33)/t15-/m1/s1. The van der Waals surface area contributed by atoms with Crippen molar-refractivity contribution in [2.24, 2.45) is 5.92 Å². The Morgan fingerprint density at radius 1 is 1.30 bits per heavy atom. The van der Waals surface area contributed by atoms with E-state index in [-0.39, 0.29) is 35.9 Å². The number of hydrogen-bond acceptors (Lipinski definition) is 5. The normalized spacial score (nSPS) is 16.3. The molecule has 1 aliphatic carbocycles. The average Bonchev–Trinajstić information content (AvgIpc) is 2.74. The predicted octanol–water partition coefficient (Wildman–Crippen LogP) is 4.64. The van der Waals surface area contributed by atoms with Gasteiger partial charge in [0.1, 0.15) is 11.5 Å². The van der Waals surface area contributed by atoms with Crippen LogP contribution in [-0.2, 0) is 0 Å². The van der Waals surface area contributed by atoms with E-state index in [9.17, 15) is 23.5 Å². The number of halogens is 2. The summed E-state index contributed by atoms with van der Waals surface area (Å²) in [6.45, 7) is 5.71. The average molecular weight is 456 g/mol. The first-order valence-corrected chi connectivity index (χ1v) is 10.8. The molecule has 174 valence electrons. The number of para-hydroxylation sites is 1. The quantitative estimate of drug-likeness (QED) is 0.479. The molecule has 0 unspecified atom stereocenters. The molecule has 9 heteroatoms. The van der Waals surface area contributed by atoms with Crippen molar-refractivity contribution < 1.29 is 18.7 Å². The van der Waals surface area contributed by atoms with Crippen molar-refractivity contribution in [1.82, 2.24) is 9.38 Å². The van der Waals surface area contributed by atoms with Gasteiger partial charge in [-0.05, 0) is 50.5 Å². The molecule has 1 saturated carbocycles. The Hall–Kier alpha value is -3.49. The van der Waals surface area contributed by atoms with Gasteiger partial charge >= 0.3 is 5.97 Å². The lowest BCUT2D eigenvalue weighted by Crippen LogP contribution is -2.39. The zero-order chi connectivity index (χ0) is 23.9. The van der Waals surface area contributed by atoms with Crippen LogP contribution in [0, 0.1) is 19.8 Å². The monoisotopic (exact) mass is 456 g/mol. The second-order valence-electron chi connectivity index (χ2n) is 8.78. The third-order valence-electron chi connectivity index (χ3n) is 6.04. The van der Waals surface area contributed by atoms with E-state index in [0.717, 1.165) is 5.56 Å². The van der Waals surface area contributed by atoms with Gasteiger partial charge in [-0.3, -0.25) is 9.20 Å². The van der Waals surface area contributed by atoms with E-state index in [1.54, 1.807) is 31.3 Å². The molecular weight excluding hydrogens is 430 g/mol. The van der Waals surface area contributed by atoms with E-state index in [1.807, 2.05) is 19.9 Å². The number of aromatic carboxylic acids is 1. The van der Waals surface area contributed by atoms with Crippen molar-refractivity contribution in [3.63, 3.8) is 0 Å². The largest absolute Gasteiger partial charge is 0.478 e. The molecule has 4 rings (SSSR count). The van der Waals surface area contributed by atoms with Gasteiger partial charge in [0, 0.05) is 36.8 Å². The number of hydrogen-bond donors (Lipinski definition) is 3. The van der Waals surface area contributed by atoms with Crippen LogP contribution >= 0.6 is 0 Å². The van der Waals surface area contributed by atoms with Crippen LogP contribution in [0.1, 0.15) is 52.9 Å². The number of anilines is 2. The minimum atomic E-state index is -2.60. The van der Waals surface area contributed by atoms with Crippen LogP contribution in [0.5, 0.6) is 0 Å². The predicted molar refractivity (Wildman–Crippen MR) is 123 cm³/mol. The first-order valence-electron chi connectivity index (χ1n) is 10.8. The van der Waals surface area contributed by atoms with Gasteiger partial charge in [-0.15, -0.1) is 0 Å². The fourth-order valence-electron chi connectivity index (χ4n) is 4.26.